The van der Waals surface area contributed by atoms with Crippen LogP contribution in [-0.4, -0.2) is 6.99 Å². The lowest BCUT2D eigenvalue weighted by Gasteiger charge is -2.43. The Morgan fingerprint density at radius 2 is 0.675 bits per heavy atom. The number of fused-ring (bicyclic) bond motifs is 14. The molecule has 6 heterocycles. The van der Waals surface area contributed by atoms with E-state index >= 15 is 0 Å². The Morgan fingerprint density at radius 3 is 1.15 bits per heavy atom. The number of nitrogens with zero attached hydrogens (tertiary/aromatic N) is 4. The normalized spacial score (nSPS) is 13.4. The first kappa shape index (κ1) is 88.9. The molecule has 0 unspecified atom stereocenters. The van der Waals surface area contributed by atoms with E-state index in [0.717, 1.165) is 23.0 Å². The average Bonchev–Trinajstić information content (AvgIpc) is 1.61. The molecule has 0 saturated carbocycles. The molecular weight excluding hydrogens is 1910 g/mol. The van der Waals surface area contributed by atoms with Crippen molar-refractivity contribution in [3.63, 3.8) is 0 Å². The number of benzene rings is 12. The van der Waals surface area contributed by atoms with Gasteiger partial charge in [0.25, 0.3) is 6.71 Å². The third kappa shape index (κ3) is 17.5. The van der Waals surface area contributed by atoms with Crippen LogP contribution >= 0.6 is 112 Å². The number of hydrogen-bond donors (Lipinski definition) is 0. The van der Waals surface area contributed by atoms with E-state index in [1.54, 1.807) is 0 Å². The summed E-state index contributed by atoms with van der Waals surface area (Å²) in [6, 6.07) is 92.1. The summed E-state index contributed by atoms with van der Waals surface area (Å²) < 4.78 is 8.70. The van der Waals surface area contributed by atoms with Crippen molar-refractivity contribution in [1.82, 2.24) is 0 Å². The molecule has 0 aliphatic carbocycles. The second kappa shape index (κ2) is 32.7. The fourth-order valence-electron chi connectivity index (χ4n) is 17.7. The quantitative estimate of drug-likeness (QED) is 0.111. The maximum atomic E-state index is 2.63. The van der Waals surface area contributed by atoms with Crippen LogP contribution in [0, 0.1) is 13.8 Å². The topological polar surface area (TPSA) is 13.0 Å². The van der Waals surface area contributed by atoms with E-state index in [1.165, 1.54) is 177 Å². The standard InChI is InChI=1S/C55H57BN2S2.C55H60N2S2.BI3/c1-32-28-43-48-44(29-32)58(38-22-16-34(17-23-38)53(5,6)7)51-47(41-31-36(55(11,12)13)19-27-46(41)60-51)56(48)42-25-24-39-40-30-35(54(8,9)10)18-26-45(40)59-50(39)49(42)57(43)37-20-14-33(15-21-37)52(2,3)4;1-35-29-43(34-44(30-35)57(42-25-19-38(20-26-42)53(5,6)7)50-32-36-31-39(54(8,9)10)21-27-48(36)58-50)56(41-23-17-37(18-24-41)52(2,3)4)47-16-14-15-45-46-33-40(55(11,12)13)22-28-49(46)59-51(45)47;2-1(3)4/h14-31H,1-13H3;14-34H,1-13H3;. The molecule has 16 aromatic rings. The van der Waals surface area contributed by atoms with E-state index in [1.807, 2.05) is 45.3 Å². The fourth-order valence-corrected chi connectivity index (χ4v) is 22.5. The largest absolute Gasteiger partial charge is 0.355 e. The first-order valence-corrected chi connectivity index (χ1v) is 50.4. The Morgan fingerprint density at radius 1 is 0.301 bits per heavy atom. The molecule has 0 spiro atoms. The fraction of sp³-hybridized carbons (Fsp3) is 0.309. The SMILES string of the molecule is Cc1cc(N(c2ccc(C(C)(C)C)cc2)c2cc3cc(C(C)(C)C)ccc3s2)cc(N(c2ccc(C(C)(C)C)cc2)c2cccc3c2sc2ccc(C(C)(C)C)cc23)c1.Cc1cc2c3c(c1)N(c1ccc(C(C)(C)C)cc1)c1c(ccc4c1sc1ccc(C(C)(C)C)cc14)B3c1c(sc3ccc(C(C)(C)C)cc13)N2c1ccc(C(C)(C)C)cc1.IB(I)I. The van der Waals surface area contributed by atoms with E-state index in [4.69, 9.17) is 0 Å². The van der Waals surface area contributed by atoms with E-state index in [0.29, 0.717) is 0 Å². The van der Waals surface area contributed by atoms with Crippen LogP contribution in [0.25, 0.3) is 60.5 Å². The molecule has 13 heteroatoms. The summed E-state index contributed by atoms with van der Waals surface area (Å²) in [5.74, 6) is 0. The van der Waals surface area contributed by atoms with Gasteiger partial charge in [0, 0.05) is 85.8 Å². The Kier molecular flexibility index (Phi) is 23.6. The highest BCUT2D eigenvalue weighted by Crippen LogP contribution is 2.55. The van der Waals surface area contributed by atoms with Gasteiger partial charge in [0.2, 0.25) is 0 Å². The molecule has 0 amide bonds. The maximum Gasteiger partial charge on any atom is 0.355 e. The summed E-state index contributed by atoms with van der Waals surface area (Å²) in [5.41, 5.74) is 30.0. The summed E-state index contributed by atoms with van der Waals surface area (Å²) >= 11 is 14.6. The highest BCUT2D eigenvalue weighted by atomic mass is 127. The molecule has 0 radical (unpaired) electrons. The van der Waals surface area contributed by atoms with Gasteiger partial charge < -0.3 is 19.6 Å². The third-order valence-corrected chi connectivity index (χ3v) is 29.5. The highest BCUT2D eigenvalue weighted by molar-refractivity contribution is 14.4. The van der Waals surface area contributed by atoms with Gasteiger partial charge in [-0.1, -0.05) is 269 Å². The highest BCUT2D eigenvalue weighted by Gasteiger charge is 2.47. The smallest absolute Gasteiger partial charge is 0.310 e. The zero-order chi connectivity index (χ0) is 88.2. The predicted octanol–water partition coefficient (Wildman–Crippen LogP) is 34.8. The summed E-state index contributed by atoms with van der Waals surface area (Å²) in [4.78, 5) is 10.2. The minimum atomic E-state index is 0.0238. The molecule has 4 aromatic heterocycles. The van der Waals surface area contributed by atoms with Gasteiger partial charge in [-0.05, 0) is 273 Å². The van der Waals surface area contributed by atoms with Gasteiger partial charge in [0.1, 0.15) is 5.00 Å². The van der Waals surface area contributed by atoms with E-state index in [-0.39, 0.29) is 50.0 Å². The van der Waals surface area contributed by atoms with Crippen molar-refractivity contribution < 1.29 is 0 Å². The van der Waals surface area contributed by atoms with Crippen LogP contribution in [0.15, 0.2) is 237 Å². The zero-order valence-corrected chi connectivity index (χ0v) is 86.5. The minimum absolute atomic E-state index is 0.0238. The van der Waals surface area contributed by atoms with Gasteiger partial charge in [-0.15, -0.1) is 112 Å². The van der Waals surface area contributed by atoms with E-state index < -0.39 is 0 Å². The van der Waals surface area contributed by atoms with E-state index in [2.05, 4.69) is 503 Å². The molecule has 0 fully saturated rings. The van der Waals surface area contributed by atoms with Gasteiger partial charge in [-0.2, -0.15) is 0 Å². The molecule has 4 nitrogen and oxygen atoms in total. The molecule has 628 valence electrons. The van der Waals surface area contributed by atoms with Crippen molar-refractivity contribution in [1.29, 1.82) is 0 Å². The Labute approximate surface area is 790 Å². The number of aryl methyl sites for hydroxylation is 2. The molecule has 0 N–H and O–H groups in total. The number of rotatable bonds is 8. The lowest BCUT2D eigenvalue weighted by Crippen LogP contribution is -2.61. The van der Waals surface area contributed by atoms with Crippen LogP contribution in [0.2, 0.25) is 0 Å². The number of halogens is 3. The van der Waals surface area contributed by atoms with Crippen molar-refractivity contribution in [2.24, 2.45) is 0 Å². The molecule has 0 saturated heterocycles. The first-order valence-electron chi connectivity index (χ1n) is 43.4. The third-order valence-electron chi connectivity index (χ3n) is 24.9. The number of thiophene rings is 4. The summed E-state index contributed by atoms with van der Waals surface area (Å²) in [6.45, 7) is 59.9. The van der Waals surface area contributed by atoms with Gasteiger partial charge in [0.05, 0.1) is 25.8 Å². The Hall–Kier alpha value is -7.48. The van der Waals surface area contributed by atoms with Crippen molar-refractivity contribution in [3.05, 3.63) is 292 Å². The molecule has 12 aromatic carbocycles. The van der Waals surface area contributed by atoms with Crippen LogP contribution in [-0.2, 0) is 43.3 Å². The molecule has 0 bridgehead atoms. The van der Waals surface area contributed by atoms with Crippen LogP contribution < -0.4 is 36.0 Å². The predicted molar refractivity (Wildman–Crippen MR) is 580 cm³/mol. The summed E-state index contributed by atoms with van der Waals surface area (Å²) in [5, 5.41) is 10.5. The van der Waals surface area contributed by atoms with Gasteiger partial charge in [-0.25, -0.2) is 0 Å². The second-order valence-electron chi connectivity index (χ2n) is 42.5. The average molecular weight is 2030 g/mol. The molecule has 123 heavy (non-hydrogen) atoms. The monoisotopic (exact) mass is 2020 g/mol. The van der Waals surface area contributed by atoms with Crippen molar-refractivity contribution in [2.75, 3.05) is 19.6 Å². The Balaban J connectivity index is 0.000000175. The Bertz CT molecular complexity index is 6720. The van der Waals surface area contributed by atoms with Crippen molar-refractivity contribution in [3.8, 4) is 0 Å². The van der Waals surface area contributed by atoms with Crippen LogP contribution in [0.5, 0.6) is 0 Å². The van der Waals surface area contributed by atoms with Crippen LogP contribution in [0.4, 0.5) is 66.9 Å². The molecule has 2 aliphatic rings. The number of anilines is 12. The first-order chi connectivity index (χ1) is 57.6. The second-order valence-corrected chi connectivity index (χ2v) is 57.6. The zero-order valence-electron chi connectivity index (χ0n) is 76.7. The minimum Gasteiger partial charge on any atom is -0.310 e. The number of hydrogen-bond acceptors (Lipinski definition) is 8. The van der Waals surface area contributed by atoms with Crippen molar-refractivity contribution >= 4 is 263 Å². The summed E-state index contributed by atoms with van der Waals surface area (Å²) in [6.07, 6.45) is 0. The van der Waals surface area contributed by atoms with E-state index in [9.17, 15) is 0 Å². The summed E-state index contributed by atoms with van der Waals surface area (Å²) in [7, 11) is 0. The van der Waals surface area contributed by atoms with Gasteiger partial charge in [0.15, 0.2) is 0 Å². The molecule has 0 atom stereocenters. The van der Waals surface area contributed by atoms with Crippen LogP contribution in [0.1, 0.15) is 222 Å². The van der Waals surface area contributed by atoms with Crippen molar-refractivity contribution in [2.45, 2.75) is 223 Å². The van der Waals surface area contributed by atoms with Crippen LogP contribution in [0.3, 0.4) is 0 Å². The lowest BCUT2D eigenvalue weighted by atomic mass is 9.33. The lowest BCUT2D eigenvalue weighted by molar-refractivity contribution is 0.590. The molecule has 2 aliphatic heterocycles. The molecular formula is C110H117B2I3N4S4. The molecule has 18 rings (SSSR count). The van der Waals surface area contributed by atoms with Gasteiger partial charge in [-0.3, -0.25) is 0 Å². The van der Waals surface area contributed by atoms with Gasteiger partial charge >= 0.3 is 0.282 Å². The maximum absolute atomic E-state index is 2.63.